The predicted molar refractivity (Wildman–Crippen MR) is 103 cm³/mol. The molecule has 1 aliphatic heterocycles. The van der Waals surface area contributed by atoms with Crippen molar-refractivity contribution in [1.29, 1.82) is 0 Å². The van der Waals surface area contributed by atoms with Gasteiger partial charge in [0, 0.05) is 39.3 Å². The van der Waals surface area contributed by atoms with Gasteiger partial charge in [-0.25, -0.2) is 0 Å². The maximum absolute atomic E-state index is 13.0. The molecule has 26 heavy (non-hydrogen) atoms. The predicted octanol–water partition coefficient (Wildman–Crippen LogP) is 2.73. The standard InChI is InChI=1S/C21H25N3O2/c1-16(25)22-19(17-8-4-3-5-9-17)14-21(26)24-13-12-23(2)20-11-7-6-10-18(20)15-24/h3-11,19H,12-15H2,1-2H3,(H,22,25)/t19-/m1/s1. The molecule has 0 spiro atoms. The van der Waals surface area contributed by atoms with Crippen LogP contribution in [0, 0.1) is 0 Å². The van der Waals surface area contributed by atoms with Crippen LogP contribution in [0.25, 0.3) is 0 Å². The minimum absolute atomic E-state index is 0.0534. The summed E-state index contributed by atoms with van der Waals surface area (Å²) in [6.07, 6.45) is 0.259. The molecule has 1 atom stereocenters. The summed E-state index contributed by atoms with van der Waals surface area (Å²) in [6, 6.07) is 17.5. The van der Waals surface area contributed by atoms with E-state index in [1.54, 1.807) is 0 Å². The Labute approximate surface area is 154 Å². The average molecular weight is 351 g/mol. The van der Waals surface area contributed by atoms with Crippen LogP contribution in [-0.4, -0.2) is 36.9 Å². The summed E-state index contributed by atoms with van der Waals surface area (Å²) in [5.41, 5.74) is 3.27. The molecule has 2 aromatic rings. The third kappa shape index (κ3) is 4.23. The molecule has 0 saturated carbocycles. The molecule has 3 rings (SSSR count). The summed E-state index contributed by atoms with van der Waals surface area (Å²) in [5.74, 6) is -0.0784. The summed E-state index contributed by atoms with van der Waals surface area (Å²) >= 11 is 0. The van der Waals surface area contributed by atoms with Crippen LogP contribution in [0.15, 0.2) is 54.6 Å². The molecule has 2 amide bonds. The van der Waals surface area contributed by atoms with Gasteiger partial charge in [0.1, 0.15) is 0 Å². The lowest BCUT2D eigenvalue weighted by molar-refractivity contribution is -0.132. The van der Waals surface area contributed by atoms with Gasteiger partial charge in [0.25, 0.3) is 0 Å². The van der Waals surface area contributed by atoms with Crippen molar-refractivity contribution in [2.75, 3.05) is 25.0 Å². The fraction of sp³-hybridized carbons (Fsp3) is 0.333. The summed E-state index contributed by atoms with van der Waals surface area (Å²) in [6.45, 7) is 3.54. The van der Waals surface area contributed by atoms with E-state index in [0.29, 0.717) is 13.1 Å². The van der Waals surface area contributed by atoms with Crippen molar-refractivity contribution in [2.24, 2.45) is 0 Å². The highest BCUT2D eigenvalue weighted by Crippen LogP contribution is 2.25. The summed E-state index contributed by atoms with van der Waals surface area (Å²) in [7, 11) is 2.05. The van der Waals surface area contributed by atoms with Crippen molar-refractivity contribution in [1.82, 2.24) is 10.2 Å². The van der Waals surface area contributed by atoms with Crippen molar-refractivity contribution in [3.05, 3.63) is 65.7 Å². The van der Waals surface area contributed by atoms with Gasteiger partial charge in [-0.15, -0.1) is 0 Å². The van der Waals surface area contributed by atoms with Gasteiger partial charge in [0.05, 0.1) is 12.5 Å². The number of fused-ring (bicyclic) bond motifs is 1. The number of nitrogens with one attached hydrogen (secondary N) is 1. The molecule has 0 saturated heterocycles. The van der Waals surface area contributed by atoms with E-state index in [0.717, 1.165) is 17.7 Å². The van der Waals surface area contributed by atoms with E-state index in [4.69, 9.17) is 0 Å². The fourth-order valence-corrected chi connectivity index (χ4v) is 3.39. The van der Waals surface area contributed by atoms with Crippen molar-refractivity contribution in [3.63, 3.8) is 0 Å². The number of rotatable bonds is 4. The highest BCUT2D eigenvalue weighted by molar-refractivity contribution is 5.79. The Bertz CT molecular complexity index is 776. The highest BCUT2D eigenvalue weighted by Gasteiger charge is 2.24. The first-order chi connectivity index (χ1) is 12.5. The molecule has 0 radical (unpaired) electrons. The van der Waals surface area contributed by atoms with Gasteiger partial charge in [-0.05, 0) is 17.2 Å². The van der Waals surface area contributed by atoms with Crippen LogP contribution in [0.1, 0.15) is 30.5 Å². The van der Waals surface area contributed by atoms with E-state index >= 15 is 0 Å². The smallest absolute Gasteiger partial charge is 0.225 e. The number of benzene rings is 2. The number of amides is 2. The number of anilines is 1. The maximum atomic E-state index is 13.0. The topological polar surface area (TPSA) is 52.7 Å². The Morgan fingerprint density at radius 3 is 2.46 bits per heavy atom. The van der Waals surface area contributed by atoms with Crippen LogP contribution in [0.5, 0.6) is 0 Å². The molecule has 1 aliphatic rings. The van der Waals surface area contributed by atoms with Crippen LogP contribution in [0.2, 0.25) is 0 Å². The van der Waals surface area contributed by atoms with Crippen molar-refractivity contribution in [2.45, 2.75) is 25.9 Å². The van der Waals surface area contributed by atoms with E-state index in [1.807, 2.05) is 47.4 Å². The molecule has 5 heteroatoms. The number of carbonyl (C=O) groups is 2. The Balaban J connectivity index is 1.76. The number of hydrogen-bond acceptors (Lipinski definition) is 3. The zero-order valence-corrected chi connectivity index (χ0v) is 15.3. The lowest BCUT2D eigenvalue weighted by Crippen LogP contribution is -2.37. The number of nitrogens with zero attached hydrogens (tertiary/aromatic N) is 2. The third-order valence-electron chi connectivity index (χ3n) is 4.78. The molecule has 2 aromatic carbocycles. The van der Waals surface area contributed by atoms with Crippen molar-refractivity contribution < 1.29 is 9.59 Å². The van der Waals surface area contributed by atoms with Crippen molar-refractivity contribution >= 4 is 17.5 Å². The number of carbonyl (C=O) groups excluding carboxylic acids is 2. The largest absolute Gasteiger partial charge is 0.373 e. The SMILES string of the molecule is CC(=O)N[C@H](CC(=O)N1CCN(C)c2ccccc2C1)c1ccccc1. The molecule has 0 fully saturated rings. The molecule has 0 aromatic heterocycles. The zero-order chi connectivity index (χ0) is 18.5. The quantitative estimate of drug-likeness (QED) is 0.921. The Morgan fingerprint density at radius 2 is 1.73 bits per heavy atom. The van der Waals surface area contributed by atoms with E-state index in [2.05, 4.69) is 29.4 Å². The van der Waals surface area contributed by atoms with Crippen molar-refractivity contribution in [3.8, 4) is 0 Å². The van der Waals surface area contributed by atoms with Gasteiger partial charge in [-0.1, -0.05) is 48.5 Å². The first kappa shape index (κ1) is 18.0. The molecule has 0 unspecified atom stereocenters. The Kier molecular flexibility index (Phi) is 5.56. The van der Waals surface area contributed by atoms with Gasteiger partial charge in [0.2, 0.25) is 11.8 Å². The van der Waals surface area contributed by atoms with E-state index < -0.39 is 0 Å². The summed E-state index contributed by atoms with van der Waals surface area (Å²) in [5, 5.41) is 2.91. The van der Waals surface area contributed by atoms with Crippen LogP contribution in [0.3, 0.4) is 0 Å². The van der Waals surface area contributed by atoms with Crippen LogP contribution < -0.4 is 10.2 Å². The summed E-state index contributed by atoms with van der Waals surface area (Å²) < 4.78 is 0. The minimum Gasteiger partial charge on any atom is -0.373 e. The second kappa shape index (κ2) is 8.04. The molecule has 136 valence electrons. The van der Waals surface area contributed by atoms with Crippen LogP contribution in [-0.2, 0) is 16.1 Å². The third-order valence-corrected chi connectivity index (χ3v) is 4.78. The van der Waals surface area contributed by atoms with Gasteiger partial charge >= 0.3 is 0 Å². The first-order valence-electron chi connectivity index (χ1n) is 8.93. The molecule has 0 aliphatic carbocycles. The molecule has 0 bridgehead atoms. The Morgan fingerprint density at radius 1 is 1.04 bits per heavy atom. The number of hydrogen-bond donors (Lipinski definition) is 1. The van der Waals surface area contributed by atoms with Gasteiger partial charge in [-0.2, -0.15) is 0 Å². The van der Waals surface area contributed by atoms with Crippen LogP contribution >= 0.6 is 0 Å². The fourth-order valence-electron chi connectivity index (χ4n) is 3.39. The second-order valence-electron chi connectivity index (χ2n) is 6.73. The maximum Gasteiger partial charge on any atom is 0.225 e. The monoisotopic (exact) mass is 351 g/mol. The number of likely N-dealkylation sites (N-methyl/N-ethyl adjacent to an activating group) is 1. The number of para-hydroxylation sites is 1. The summed E-state index contributed by atoms with van der Waals surface area (Å²) in [4.78, 5) is 28.7. The molecule has 1 heterocycles. The molecule has 1 N–H and O–H groups in total. The zero-order valence-electron chi connectivity index (χ0n) is 15.3. The normalized spacial score (nSPS) is 15.0. The molecule has 5 nitrogen and oxygen atoms in total. The van der Waals surface area contributed by atoms with Crippen LogP contribution in [0.4, 0.5) is 5.69 Å². The van der Waals surface area contributed by atoms with E-state index in [1.165, 1.54) is 12.6 Å². The van der Waals surface area contributed by atoms with Gasteiger partial charge in [-0.3, -0.25) is 9.59 Å². The van der Waals surface area contributed by atoms with Gasteiger partial charge in [0.15, 0.2) is 0 Å². The lowest BCUT2D eigenvalue weighted by Gasteiger charge is -2.25. The lowest BCUT2D eigenvalue weighted by atomic mass is 10.0. The molecular formula is C21H25N3O2. The Hall–Kier alpha value is -2.82. The van der Waals surface area contributed by atoms with E-state index in [9.17, 15) is 9.59 Å². The highest BCUT2D eigenvalue weighted by atomic mass is 16.2. The molecular weight excluding hydrogens is 326 g/mol. The second-order valence-corrected chi connectivity index (χ2v) is 6.73. The van der Waals surface area contributed by atoms with Gasteiger partial charge < -0.3 is 15.1 Å². The van der Waals surface area contributed by atoms with E-state index in [-0.39, 0.29) is 24.3 Å². The average Bonchev–Trinajstić information content (AvgIpc) is 2.81. The first-order valence-corrected chi connectivity index (χ1v) is 8.93. The minimum atomic E-state index is -0.308.